The van der Waals surface area contributed by atoms with Gasteiger partial charge in [-0.05, 0) is 0 Å². The number of aryl methyl sites for hydroxylation is 1. The monoisotopic (exact) mass is 140 g/mol. The molecule has 0 aliphatic rings. The molecule has 0 aliphatic carbocycles. The first-order valence-corrected chi connectivity index (χ1v) is 3.00. The topological polar surface area (TPSA) is 48.8 Å². The van der Waals surface area contributed by atoms with Gasteiger partial charge < -0.3 is 0 Å². The van der Waals surface area contributed by atoms with Crippen LogP contribution in [-0.4, -0.2) is 10.9 Å². The van der Waals surface area contributed by atoms with E-state index in [-0.39, 0.29) is 5.91 Å². The molecule has 0 unspecified atom stereocenters. The first-order valence-electron chi connectivity index (χ1n) is 3.00. The molecular weight excluding hydrogens is 130 g/mol. The summed E-state index contributed by atoms with van der Waals surface area (Å²) in [5.74, 6) is 0.650. The summed E-state index contributed by atoms with van der Waals surface area (Å²) in [6.07, 6.45) is 3.55. The first-order chi connectivity index (χ1) is 4.68. The number of aromatic nitrogens is 2. The molecule has 2 N–H and O–H groups in total. The van der Waals surface area contributed by atoms with Crippen LogP contribution in [0.5, 0.6) is 0 Å². The molecule has 1 aromatic rings. The van der Waals surface area contributed by atoms with Crippen LogP contribution in [0.3, 0.4) is 0 Å². The Hall–Kier alpha value is -1.32. The maximum Gasteiger partial charge on any atom is 0.243 e. The third-order valence-corrected chi connectivity index (χ3v) is 1.07. The van der Waals surface area contributed by atoms with Crippen LogP contribution >= 0.6 is 0 Å². The van der Waals surface area contributed by atoms with Crippen LogP contribution in [0.15, 0.2) is 12.5 Å². The van der Waals surface area contributed by atoms with E-state index >= 15 is 0 Å². The average molecular weight is 140 g/mol. The van der Waals surface area contributed by atoms with E-state index in [1.165, 1.54) is 6.92 Å². The predicted octanol–water partition coefficient (Wildman–Crippen LogP) is -0.202. The van der Waals surface area contributed by atoms with Crippen molar-refractivity contribution < 1.29 is 9.36 Å². The van der Waals surface area contributed by atoms with Crippen molar-refractivity contribution in [3.8, 4) is 0 Å². The van der Waals surface area contributed by atoms with Gasteiger partial charge in [0.2, 0.25) is 18.1 Å². The number of hydrogen-bond donors (Lipinski definition) is 2. The lowest BCUT2D eigenvalue weighted by molar-refractivity contribution is -0.669. The number of H-pyrrole nitrogens is 1. The zero-order chi connectivity index (χ0) is 7.56. The summed E-state index contributed by atoms with van der Waals surface area (Å²) < 4.78 is 1.82. The number of carbonyl (C=O) groups is 1. The van der Waals surface area contributed by atoms with E-state index in [9.17, 15) is 4.79 Å². The zero-order valence-corrected chi connectivity index (χ0v) is 6.01. The van der Waals surface area contributed by atoms with E-state index < -0.39 is 0 Å². The van der Waals surface area contributed by atoms with E-state index in [1.807, 2.05) is 11.6 Å². The highest BCUT2D eigenvalue weighted by atomic mass is 16.1. The fourth-order valence-electron chi connectivity index (χ4n) is 0.708. The third-order valence-electron chi connectivity index (χ3n) is 1.07. The van der Waals surface area contributed by atoms with Gasteiger partial charge >= 0.3 is 0 Å². The quantitative estimate of drug-likeness (QED) is 0.521. The molecule has 4 nitrogen and oxygen atoms in total. The van der Waals surface area contributed by atoms with Gasteiger partial charge in [0.15, 0.2) is 6.20 Å². The molecule has 4 heteroatoms. The van der Waals surface area contributed by atoms with Gasteiger partial charge in [-0.2, -0.15) is 0 Å². The van der Waals surface area contributed by atoms with Crippen LogP contribution < -0.4 is 9.88 Å². The van der Waals surface area contributed by atoms with Gasteiger partial charge in [0.25, 0.3) is 0 Å². The largest absolute Gasteiger partial charge is 0.290 e. The summed E-state index contributed by atoms with van der Waals surface area (Å²) in [6, 6.07) is 0. The molecule has 1 amide bonds. The average Bonchev–Trinajstić information content (AvgIpc) is 2.13. The van der Waals surface area contributed by atoms with Gasteiger partial charge in [0.1, 0.15) is 0 Å². The van der Waals surface area contributed by atoms with Crippen LogP contribution in [0.4, 0.5) is 5.82 Å². The second-order valence-electron chi connectivity index (χ2n) is 2.16. The third kappa shape index (κ3) is 1.58. The van der Waals surface area contributed by atoms with Gasteiger partial charge in [0, 0.05) is 6.92 Å². The number of nitrogens with zero attached hydrogens (tertiary/aromatic N) is 1. The minimum atomic E-state index is -0.0672. The fourth-order valence-corrected chi connectivity index (χ4v) is 0.708. The Balaban J connectivity index is 2.67. The molecule has 0 bridgehead atoms. The van der Waals surface area contributed by atoms with Gasteiger partial charge in [-0.15, -0.1) is 0 Å². The summed E-state index contributed by atoms with van der Waals surface area (Å²) in [4.78, 5) is 13.3. The molecule has 0 aliphatic heterocycles. The highest BCUT2D eigenvalue weighted by Gasteiger charge is 2.01. The number of amides is 1. The minimum absolute atomic E-state index is 0.0672. The van der Waals surface area contributed by atoms with Crippen molar-refractivity contribution in [1.82, 2.24) is 4.98 Å². The molecule has 1 rings (SSSR count). The standard InChI is InChI=1S/C6H9N3O/c1-5(10)8-6-3-9(2)4-7-6/h3-4H,1-2H3,(H,8,10)/p+1. The molecule has 0 saturated carbocycles. The van der Waals surface area contributed by atoms with Crippen molar-refractivity contribution >= 4 is 11.7 Å². The molecule has 0 saturated heterocycles. The normalized spacial score (nSPS) is 9.40. The van der Waals surface area contributed by atoms with Gasteiger partial charge in [-0.25, -0.2) is 9.55 Å². The number of imidazole rings is 1. The molecule has 10 heavy (non-hydrogen) atoms. The Labute approximate surface area is 58.9 Å². The van der Waals surface area contributed by atoms with Crippen molar-refractivity contribution in [2.75, 3.05) is 5.32 Å². The molecule has 0 radical (unpaired) electrons. The van der Waals surface area contributed by atoms with Crippen molar-refractivity contribution in [3.05, 3.63) is 12.5 Å². The lowest BCUT2D eigenvalue weighted by Gasteiger charge is -1.88. The smallest absolute Gasteiger partial charge is 0.243 e. The van der Waals surface area contributed by atoms with E-state index in [0.29, 0.717) is 0 Å². The van der Waals surface area contributed by atoms with E-state index in [4.69, 9.17) is 0 Å². The highest BCUT2D eigenvalue weighted by Crippen LogP contribution is 1.94. The van der Waals surface area contributed by atoms with Crippen molar-refractivity contribution in [3.63, 3.8) is 0 Å². The number of hydrogen-bond acceptors (Lipinski definition) is 1. The summed E-state index contributed by atoms with van der Waals surface area (Å²) in [7, 11) is 1.88. The van der Waals surface area contributed by atoms with Crippen LogP contribution in [-0.2, 0) is 11.8 Å². The number of nitrogens with one attached hydrogen (secondary N) is 2. The van der Waals surface area contributed by atoms with Gasteiger partial charge in [0.05, 0.1) is 7.05 Å². The second-order valence-corrected chi connectivity index (χ2v) is 2.16. The molecule has 1 heterocycles. The number of anilines is 1. The number of rotatable bonds is 1. The van der Waals surface area contributed by atoms with E-state index in [1.54, 1.807) is 12.5 Å². The van der Waals surface area contributed by atoms with Crippen LogP contribution in [0, 0.1) is 0 Å². The molecule has 0 spiro atoms. The van der Waals surface area contributed by atoms with Crippen LogP contribution in [0.25, 0.3) is 0 Å². The Morgan fingerprint density at radius 1 is 1.80 bits per heavy atom. The van der Waals surface area contributed by atoms with Crippen LogP contribution in [0.1, 0.15) is 6.92 Å². The SMILES string of the molecule is CC(=O)Nc1c[n+](C)c[nH]1. The highest BCUT2D eigenvalue weighted by molar-refractivity contribution is 5.87. The minimum Gasteiger partial charge on any atom is -0.290 e. The maximum absolute atomic E-state index is 10.5. The Kier molecular flexibility index (Phi) is 1.71. The van der Waals surface area contributed by atoms with Crippen molar-refractivity contribution in [2.24, 2.45) is 7.05 Å². The lowest BCUT2D eigenvalue weighted by atomic mass is 10.6. The summed E-state index contributed by atoms with van der Waals surface area (Å²) in [6.45, 7) is 1.47. The number of carbonyl (C=O) groups excluding carboxylic acids is 1. The Bertz CT molecular complexity index is 241. The predicted molar refractivity (Wildman–Crippen MR) is 36.3 cm³/mol. The maximum atomic E-state index is 10.5. The molecule has 0 fully saturated rings. The summed E-state index contributed by atoms with van der Waals surface area (Å²) >= 11 is 0. The molecule has 0 aromatic carbocycles. The first kappa shape index (κ1) is 6.80. The fraction of sp³-hybridized carbons (Fsp3) is 0.333. The van der Waals surface area contributed by atoms with Crippen molar-refractivity contribution in [1.29, 1.82) is 0 Å². The van der Waals surface area contributed by atoms with E-state index in [2.05, 4.69) is 10.3 Å². The summed E-state index contributed by atoms with van der Waals surface area (Å²) in [5.41, 5.74) is 0. The molecule has 0 atom stereocenters. The molecule has 1 aromatic heterocycles. The van der Waals surface area contributed by atoms with Gasteiger partial charge in [-0.1, -0.05) is 0 Å². The Morgan fingerprint density at radius 2 is 2.50 bits per heavy atom. The second kappa shape index (κ2) is 2.51. The van der Waals surface area contributed by atoms with E-state index in [0.717, 1.165) is 5.82 Å². The zero-order valence-electron chi connectivity index (χ0n) is 6.01. The van der Waals surface area contributed by atoms with Gasteiger partial charge in [-0.3, -0.25) is 10.1 Å². The summed E-state index contributed by atoms with van der Waals surface area (Å²) in [5, 5.41) is 2.61. The van der Waals surface area contributed by atoms with Crippen molar-refractivity contribution in [2.45, 2.75) is 6.92 Å². The number of aromatic amines is 1. The lowest BCUT2D eigenvalue weighted by Crippen LogP contribution is -2.23. The molecular formula is C6H10N3O+. The van der Waals surface area contributed by atoms with Crippen LogP contribution in [0.2, 0.25) is 0 Å². The Morgan fingerprint density at radius 3 is 2.90 bits per heavy atom. The molecule has 54 valence electrons.